The van der Waals surface area contributed by atoms with Gasteiger partial charge < -0.3 is 5.32 Å². The molecule has 0 radical (unpaired) electrons. The summed E-state index contributed by atoms with van der Waals surface area (Å²) < 4.78 is 40.1. The number of aromatic nitrogens is 2. The SMILES string of the molecule is O=C1CNc2nc(CN3CCN(S(=O)(=O)c4ccc(F)cc4)CC3)nc3cccc1c23. The Kier molecular flexibility index (Phi) is 4.92. The van der Waals surface area contributed by atoms with Gasteiger partial charge in [-0.2, -0.15) is 4.31 Å². The van der Waals surface area contributed by atoms with Gasteiger partial charge in [-0.25, -0.2) is 22.8 Å². The molecule has 0 spiro atoms. The zero-order valence-corrected chi connectivity index (χ0v) is 17.4. The molecule has 0 aliphatic carbocycles. The second-order valence-corrected chi connectivity index (χ2v) is 9.54. The van der Waals surface area contributed by atoms with Gasteiger partial charge in [-0.1, -0.05) is 12.1 Å². The smallest absolute Gasteiger partial charge is 0.243 e. The lowest BCUT2D eigenvalue weighted by Gasteiger charge is -2.33. The predicted octanol–water partition coefficient (Wildman–Crippen LogP) is 1.88. The number of carbonyl (C=O) groups excluding carboxylic acids is 1. The number of hydrogen-bond donors (Lipinski definition) is 1. The van der Waals surface area contributed by atoms with Crippen molar-refractivity contribution in [2.24, 2.45) is 0 Å². The molecule has 8 nitrogen and oxygen atoms in total. The minimum Gasteiger partial charge on any atom is -0.362 e. The molecule has 3 aromatic rings. The van der Waals surface area contributed by atoms with Crippen molar-refractivity contribution < 1.29 is 17.6 Å². The summed E-state index contributed by atoms with van der Waals surface area (Å²) in [5, 5.41) is 3.82. The van der Waals surface area contributed by atoms with E-state index < -0.39 is 15.8 Å². The number of anilines is 1. The quantitative estimate of drug-likeness (QED) is 0.661. The molecule has 0 atom stereocenters. The van der Waals surface area contributed by atoms with E-state index in [2.05, 4.69) is 20.2 Å². The zero-order chi connectivity index (χ0) is 21.6. The largest absolute Gasteiger partial charge is 0.362 e. The highest BCUT2D eigenvalue weighted by atomic mass is 32.2. The van der Waals surface area contributed by atoms with Gasteiger partial charge in [-0.15, -0.1) is 0 Å². The Morgan fingerprint density at radius 2 is 1.74 bits per heavy atom. The van der Waals surface area contributed by atoms with Gasteiger partial charge in [0.2, 0.25) is 10.0 Å². The van der Waals surface area contributed by atoms with Crippen LogP contribution in [0.25, 0.3) is 10.9 Å². The third-order valence-corrected chi connectivity index (χ3v) is 7.55. The fourth-order valence-corrected chi connectivity index (χ4v) is 5.43. The molecule has 1 fully saturated rings. The first-order valence-corrected chi connectivity index (χ1v) is 11.4. The highest BCUT2D eigenvalue weighted by molar-refractivity contribution is 7.89. The van der Waals surface area contributed by atoms with Crippen LogP contribution < -0.4 is 5.32 Å². The Morgan fingerprint density at radius 3 is 2.48 bits per heavy atom. The summed E-state index contributed by atoms with van der Waals surface area (Å²) in [4.78, 5) is 23.5. The number of rotatable bonds is 4. The van der Waals surface area contributed by atoms with Gasteiger partial charge in [0, 0.05) is 31.7 Å². The number of nitrogens with one attached hydrogen (secondary N) is 1. The number of halogens is 1. The fraction of sp³-hybridized carbons (Fsp3) is 0.286. The van der Waals surface area contributed by atoms with Gasteiger partial charge in [0.25, 0.3) is 0 Å². The number of sulfonamides is 1. The lowest BCUT2D eigenvalue weighted by Crippen LogP contribution is -2.48. The summed E-state index contributed by atoms with van der Waals surface area (Å²) in [7, 11) is -3.65. The van der Waals surface area contributed by atoms with E-state index >= 15 is 0 Å². The third kappa shape index (κ3) is 3.67. The van der Waals surface area contributed by atoms with Gasteiger partial charge in [-0.3, -0.25) is 9.69 Å². The lowest BCUT2D eigenvalue weighted by molar-refractivity contribution is 0.101. The molecule has 160 valence electrons. The summed E-state index contributed by atoms with van der Waals surface area (Å²) in [6, 6.07) is 10.4. The molecule has 3 heterocycles. The van der Waals surface area contributed by atoms with E-state index in [1.807, 2.05) is 12.1 Å². The van der Waals surface area contributed by atoms with Crippen LogP contribution in [0.3, 0.4) is 0 Å². The number of carbonyl (C=O) groups is 1. The molecule has 1 aromatic heterocycles. The van der Waals surface area contributed by atoms with Crippen LogP contribution in [0, 0.1) is 5.82 Å². The molecule has 0 bridgehead atoms. The van der Waals surface area contributed by atoms with Gasteiger partial charge >= 0.3 is 0 Å². The number of ketones is 1. The maximum atomic E-state index is 13.1. The van der Waals surface area contributed by atoms with Crippen molar-refractivity contribution >= 4 is 32.5 Å². The minimum absolute atomic E-state index is 0.0212. The van der Waals surface area contributed by atoms with Crippen LogP contribution in [0.2, 0.25) is 0 Å². The van der Waals surface area contributed by atoms with Crippen LogP contribution in [0.5, 0.6) is 0 Å². The first-order chi connectivity index (χ1) is 14.9. The Bertz CT molecular complexity index is 1270. The van der Waals surface area contributed by atoms with Crippen molar-refractivity contribution in [2.75, 3.05) is 38.0 Å². The van der Waals surface area contributed by atoms with Crippen molar-refractivity contribution in [1.82, 2.24) is 19.2 Å². The average molecular weight is 441 g/mol. The van der Waals surface area contributed by atoms with Crippen LogP contribution in [-0.4, -0.2) is 66.1 Å². The van der Waals surface area contributed by atoms with E-state index in [1.165, 1.54) is 16.4 Å². The zero-order valence-electron chi connectivity index (χ0n) is 16.6. The van der Waals surface area contributed by atoms with Crippen LogP contribution in [0.4, 0.5) is 10.2 Å². The minimum atomic E-state index is -3.65. The Balaban J connectivity index is 1.31. The van der Waals surface area contributed by atoms with Gasteiger partial charge in [0.15, 0.2) is 5.78 Å². The molecule has 2 aliphatic heterocycles. The van der Waals surface area contributed by atoms with Crippen molar-refractivity contribution in [1.29, 1.82) is 0 Å². The van der Waals surface area contributed by atoms with Crippen molar-refractivity contribution in [3.8, 4) is 0 Å². The highest BCUT2D eigenvalue weighted by Gasteiger charge is 2.29. The molecule has 1 N–H and O–H groups in total. The van der Waals surface area contributed by atoms with Crippen molar-refractivity contribution in [2.45, 2.75) is 11.4 Å². The molecule has 0 amide bonds. The molecule has 0 saturated carbocycles. The number of benzene rings is 2. The van der Waals surface area contributed by atoms with Gasteiger partial charge in [-0.05, 0) is 30.3 Å². The van der Waals surface area contributed by atoms with E-state index in [4.69, 9.17) is 0 Å². The fourth-order valence-electron chi connectivity index (χ4n) is 4.01. The Hall–Kier alpha value is -2.95. The normalized spacial score (nSPS) is 17.6. The first-order valence-electron chi connectivity index (χ1n) is 9.96. The molecule has 31 heavy (non-hydrogen) atoms. The molecule has 0 unspecified atom stereocenters. The van der Waals surface area contributed by atoms with E-state index in [-0.39, 0.29) is 17.2 Å². The summed E-state index contributed by atoms with van der Waals surface area (Å²) in [6.07, 6.45) is 0. The van der Waals surface area contributed by atoms with E-state index in [0.29, 0.717) is 49.9 Å². The van der Waals surface area contributed by atoms with Crippen LogP contribution in [0.1, 0.15) is 16.2 Å². The summed E-state index contributed by atoms with van der Waals surface area (Å²) in [5.41, 5.74) is 1.35. The maximum absolute atomic E-state index is 13.1. The molecule has 2 aromatic carbocycles. The lowest BCUT2D eigenvalue weighted by atomic mass is 10.0. The third-order valence-electron chi connectivity index (χ3n) is 5.63. The van der Waals surface area contributed by atoms with Crippen LogP contribution in [0.15, 0.2) is 47.4 Å². The number of piperazine rings is 1. The Labute approximate surface area is 178 Å². The predicted molar refractivity (Wildman–Crippen MR) is 113 cm³/mol. The molecule has 10 heteroatoms. The maximum Gasteiger partial charge on any atom is 0.243 e. The van der Waals surface area contributed by atoms with Crippen molar-refractivity contribution in [3.63, 3.8) is 0 Å². The van der Waals surface area contributed by atoms with Crippen LogP contribution in [-0.2, 0) is 16.6 Å². The van der Waals surface area contributed by atoms with Crippen molar-refractivity contribution in [3.05, 3.63) is 59.7 Å². The second-order valence-electron chi connectivity index (χ2n) is 7.60. The monoisotopic (exact) mass is 441 g/mol. The average Bonchev–Trinajstić information content (AvgIpc) is 2.77. The first kappa shape index (κ1) is 20.0. The van der Waals surface area contributed by atoms with E-state index in [9.17, 15) is 17.6 Å². The molecule has 2 aliphatic rings. The molecule has 5 rings (SSSR count). The summed E-state index contributed by atoms with van der Waals surface area (Å²) in [6.45, 7) is 2.41. The number of nitrogens with zero attached hydrogens (tertiary/aromatic N) is 4. The topological polar surface area (TPSA) is 95.5 Å². The molecular formula is C21H20FN5O3S. The Morgan fingerprint density at radius 1 is 1.00 bits per heavy atom. The van der Waals surface area contributed by atoms with Gasteiger partial charge in [0.05, 0.1) is 28.9 Å². The number of hydrogen-bond acceptors (Lipinski definition) is 7. The summed E-state index contributed by atoms with van der Waals surface area (Å²) in [5.74, 6) is 0.834. The summed E-state index contributed by atoms with van der Waals surface area (Å²) >= 11 is 0. The standard InChI is InChI=1S/C21H20FN5O3S/c22-14-4-6-15(7-5-14)31(29,30)27-10-8-26(9-11-27)13-19-24-17-3-1-2-16-18(28)12-23-21(25-19)20(16)17/h1-7H,8-13H2,(H,23,24,25). The molecule has 1 saturated heterocycles. The highest BCUT2D eigenvalue weighted by Crippen LogP contribution is 2.28. The van der Waals surface area contributed by atoms with E-state index in [1.54, 1.807) is 6.07 Å². The second kappa shape index (κ2) is 7.63. The molecular weight excluding hydrogens is 421 g/mol. The van der Waals surface area contributed by atoms with Gasteiger partial charge in [0.1, 0.15) is 17.5 Å². The number of Topliss-reactive ketones (excluding diaryl/α,β-unsaturated/α-hetero) is 1. The van der Waals surface area contributed by atoms with Crippen LogP contribution >= 0.6 is 0 Å². The van der Waals surface area contributed by atoms with E-state index in [0.717, 1.165) is 23.0 Å².